The molecule has 19 heavy (non-hydrogen) atoms. The lowest BCUT2D eigenvalue weighted by molar-refractivity contribution is 0.0696. The summed E-state index contributed by atoms with van der Waals surface area (Å²) in [6, 6.07) is 7.14. The summed E-state index contributed by atoms with van der Waals surface area (Å²) >= 11 is 0. The molecule has 0 unspecified atom stereocenters. The summed E-state index contributed by atoms with van der Waals surface area (Å²) in [7, 11) is 2.17. The van der Waals surface area contributed by atoms with E-state index in [1.807, 2.05) is 6.07 Å². The van der Waals surface area contributed by atoms with E-state index < -0.39 is 5.97 Å². The lowest BCUT2D eigenvalue weighted by Gasteiger charge is -2.29. The molecule has 0 amide bonds. The topological polar surface area (TPSA) is 52.6 Å². The second kappa shape index (κ2) is 6.68. The fourth-order valence-corrected chi connectivity index (χ4v) is 2.50. The molecule has 0 bridgehead atoms. The van der Waals surface area contributed by atoms with E-state index in [0.717, 1.165) is 24.6 Å². The van der Waals surface area contributed by atoms with Crippen LogP contribution in [-0.4, -0.2) is 42.7 Å². The second-order valence-electron chi connectivity index (χ2n) is 5.38. The largest absolute Gasteiger partial charge is 0.478 e. The number of carbonyl (C=O) groups is 1. The van der Waals surface area contributed by atoms with Gasteiger partial charge in [0, 0.05) is 6.54 Å². The van der Waals surface area contributed by atoms with E-state index in [2.05, 4.69) is 17.3 Å². The average Bonchev–Trinajstić information content (AvgIpc) is 2.41. The van der Waals surface area contributed by atoms with Crippen LogP contribution in [0.5, 0.6) is 0 Å². The lowest BCUT2D eigenvalue weighted by atomic mass is 9.97. The van der Waals surface area contributed by atoms with Crippen molar-refractivity contribution in [3.63, 3.8) is 0 Å². The fourth-order valence-electron chi connectivity index (χ4n) is 2.50. The quantitative estimate of drug-likeness (QED) is 0.850. The molecule has 1 aliphatic rings. The van der Waals surface area contributed by atoms with Gasteiger partial charge in [-0.3, -0.25) is 0 Å². The van der Waals surface area contributed by atoms with E-state index in [-0.39, 0.29) is 0 Å². The van der Waals surface area contributed by atoms with Gasteiger partial charge in [-0.25, -0.2) is 4.79 Å². The van der Waals surface area contributed by atoms with E-state index in [9.17, 15) is 4.79 Å². The maximum absolute atomic E-state index is 10.9. The summed E-state index contributed by atoms with van der Waals surface area (Å²) in [5.74, 6) is -0.115. The second-order valence-corrected chi connectivity index (χ2v) is 5.38. The Morgan fingerprint density at radius 1 is 1.42 bits per heavy atom. The van der Waals surface area contributed by atoms with Crippen molar-refractivity contribution in [1.29, 1.82) is 0 Å². The Morgan fingerprint density at radius 2 is 2.16 bits per heavy atom. The van der Waals surface area contributed by atoms with Gasteiger partial charge in [-0.2, -0.15) is 0 Å². The molecule has 1 aromatic rings. The Labute approximate surface area is 114 Å². The first-order valence-electron chi connectivity index (χ1n) is 6.86. The average molecular weight is 262 g/mol. The van der Waals surface area contributed by atoms with Gasteiger partial charge in [-0.05, 0) is 63.1 Å². The van der Waals surface area contributed by atoms with Crippen molar-refractivity contribution in [2.24, 2.45) is 5.92 Å². The molecule has 104 valence electrons. The SMILES string of the molecule is CN1CCC(CNCc2cccc(C(=O)O)c2)CC1. The zero-order valence-corrected chi connectivity index (χ0v) is 11.4. The third kappa shape index (κ3) is 4.33. The van der Waals surface area contributed by atoms with Crippen LogP contribution in [0.3, 0.4) is 0 Å². The molecule has 0 radical (unpaired) electrons. The number of aromatic carboxylic acids is 1. The van der Waals surface area contributed by atoms with E-state index >= 15 is 0 Å². The highest BCUT2D eigenvalue weighted by atomic mass is 16.4. The predicted molar refractivity (Wildman–Crippen MR) is 75.3 cm³/mol. The first-order valence-corrected chi connectivity index (χ1v) is 6.86. The first kappa shape index (κ1) is 14.0. The number of carboxylic acid groups (broad SMARTS) is 1. The summed E-state index contributed by atoms with van der Waals surface area (Å²) in [6.07, 6.45) is 2.50. The molecule has 1 aromatic carbocycles. The molecular weight excluding hydrogens is 240 g/mol. The molecular formula is C15H22N2O2. The highest BCUT2D eigenvalue weighted by molar-refractivity contribution is 5.87. The van der Waals surface area contributed by atoms with Crippen LogP contribution in [0.1, 0.15) is 28.8 Å². The summed E-state index contributed by atoms with van der Waals surface area (Å²) < 4.78 is 0. The molecule has 0 aliphatic carbocycles. The minimum atomic E-state index is -0.864. The van der Waals surface area contributed by atoms with Crippen molar-refractivity contribution < 1.29 is 9.90 Å². The predicted octanol–water partition coefficient (Wildman–Crippen LogP) is 1.82. The third-order valence-corrected chi connectivity index (χ3v) is 3.77. The smallest absolute Gasteiger partial charge is 0.335 e. The molecule has 2 N–H and O–H groups in total. The zero-order valence-electron chi connectivity index (χ0n) is 11.4. The highest BCUT2D eigenvalue weighted by Gasteiger charge is 2.15. The number of carboxylic acids is 1. The van der Waals surface area contributed by atoms with Crippen molar-refractivity contribution in [3.8, 4) is 0 Å². The summed E-state index contributed by atoms with van der Waals surface area (Å²) in [5.41, 5.74) is 1.39. The van der Waals surface area contributed by atoms with Crippen molar-refractivity contribution in [2.75, 3.05) is 26.7 Å². The lowest BCUT2D eigenvalue weighted by Crippen LogP contribution is -2.34. The van der Waals surface area contributed by atoms with Crippen molar-refractivity contribution in [2.45, 2.75) is 19.4 Å². The van der Waals surface area contributed by atoms with E-state index in [4.69, 9.17) is 5.11 Å². The Kier molecular flexibility index (Phi) is 4.93. The summed E-state index contributed by atoms with van der Waals surface area (Å²) in [5, 5.41) is 12.4. The molecule has 1 saturated heterocycles. The van der Waals surface area contributed by atoms with Crippen LogP contribution in [0.25, 0.3) is 0 Å². The van der Waals surface area contributed by atoms with Crippen LogP contribution in [-0.2, 0) is 6.54 Å². The van der Waals surface area contributed by atoms with E-state index in [0.29, 0.717) is 5.56 Å². The van der Waals surface area contributed by atoms with Gasteiger partial charge < -0.3 is 15.3 Å². The molecule has 1 fully saturated rings. The molecule has 4 nitrogen and oxygen atoms in total. The Balaban J connectivity index is 1.76. The van der Waals surface area contributed by atoms with Crippen molar-refractivity contribution in [3.05, 3.63) is 35.4 Å². The van der Waals surface area contributed by atoms with Gasteiger partial charge in [-0.15, -0.1) is 0 Å². The number of nitrogens with one attached hydrogen (secondary N) is 1. The van der Waals surface area contributed by atoms with Gasteiger partial charge in [0.2, 0.25) is 0 Å². The zero-order chi connectivity index (χ0) is 13.7. The van der Waals surface area contributed by atoms with Crippen LogP contribution in [0.2, 0.25) is 0 Å². The fraction of sp³-hybridized carbons (Fsp3) is 0.533. The van der Waals surface area contributed by atoms with Gasteiger partial charge in [0.25, 0.3) is 0 Å². The Bertz CT molecular complexity index is 426. The number of hydrogen-bond donors (Lipinski definition) is 2. The van der Waals surface area contributed by atoms with Gasteiger partial charge in [0.15, 0.2) is 0 Å². The number of piperidine rings is 1. The molecule has 2 rings (SSSR count). The minimum Gasteiger partial charge on any atom is -0.478 e. The number of rotatable bonds is 5. The third-order valence-electron chi connectivity index (χ3n) is 3.77. The van der Waals surface area contributed by atoms with Gasteiger partial charge in [0.05, 0.1) is 5.56 Å². The van der Waals surface area contributed by atoms with Crippen molar-refractivity contribution in [1.82, 2.24) is 10.2 Å². The standard InChI is InChI=1S/C15H22N2O2/c1-17-7-5-12(6-8-17)10-16-11-13-3-2-4-14(9-13)15(18)19/h2-4,9,12,16H,5-8,10-11H2,1H3,(H,18,19). The number of hydrogen-bond acceptors (Lipinski definition) is 3. The molecule has 0 atom stereocenters. The molecule has 0 aromatic heterocycles. The van der Waals surface area contributed by atoms with Gasteiger partial charge in [0.1, 0.15) is 0 Å². The normalized spacial score (nSPS) is 17.5. The van der Waals surface area contributed by atoms with Crippen LogP contribution in [0, 0.1) is 5.92 Å². The van der Waals surface area contributed by atoms with E-state index in [1.165, 1.54) is 25.9 Å². The maximum atomic E-state index is 10.9. The number of benzene rings is 1. The Morgan fingerprint density at radius 3 is 2.84 bits per heavy atom. The monoisotopic (exact) mass is 262 g/mol. The summed E-state index contributed by atoms with van der Waals surface area (Å²) in [6.45, 7) is 4.13. The molecule has 4 heteroatoms. The molecule has 1 aliphatic heterocycles. The number of nitrogens with zero attached hydrogens (tertiary/aromatic N) is 1. The number of likely N-dealkylation sites (tertiary alicyclic amines) is 1. The Hall–Kier alpha value is -1.39. The highest BCUT2D eigenvalue weighted by Crippen LogP contribution is 2.15. The van der Waals surface area contributed by atoms with Crippen LogP contribution >= 0.6 is 0 Å². The summed E-state index contributed by atoms with van der Waals surface area (Å²) in [4.78, 5) is 13.2. The minimum absolute atomic E-state index is 0.360. The molecule has 0 spiro atoms. The molecule has 0 saturated carbocycles. The van der Waals surface area contributed by atoms with Gasteiger partial charge >= 0.3 is 5.97 Å². The van der Waals surface area contributed by atoms with Crippen LogP contribution in [0.15, 0.2) is 24.3 Å². The van der Waals surface area contributed by atoms with Crippen LogP contribution < -0.4 is 5.32 Å². The van der Waals surface area contributed by atoms with Gasteiger partial charge in [-0.1, -0.05) is 12.1 Å². The first-order chi connectivity index (χ1) is 9.15. The van der Waals surface area contributed by atoms with Crippen molar-refractivity contribution >= 4 is 5.97 Å². The van der Waals surface area contributed by atoms with E-state index in [1.54, 1.807) is 18.2 Å². The van der Waals surface area contributed by atoms with Crippen LogP contribution in [0.4, 0.5) is 0 Å². The molecule has 1 heterocycles. The maximum Gasteiger partial charge on any atom is 0.335 e.